The normalized spacial score (nSPS) is 10.5. The van der Waals surface area contributed by atoms with Crippen LogP contribution in [0.4, 0.5) is 0 Å². The molecule has 2 aromatic rings. The molecule has 2 nitrogen and oxygen atoms in total. The molecule has 0 unspecified atom stereocenters. The summed E-state index contributed by atoms with van der Waals surface area (Å²) in [5, 5.41) is 20.2. The SMILES string of the molecule is OB(O)c1ccc2cccc(I)c2c1. The Hall–Kier alpha value is -0.585. The number of halogens is 1. The van der Waals surface area contributed by atoms with Gasteiger partial charge in [0.1, 0.15) is 0 Å². The van der Waals surface area contributed by atoms with Gasteiger partial charge in [-0.1, -0.05) is 30.3 Å². The highest BCUT2D eigenvalue weighted by molar-refractivity contribution is 14.1. The van der Waals surface area contributed by atoms with Crippen molar-refractivity contribution in [2.75, 3.05) is 0 Å². The molecule has 0 aliphatic heterocycles. The minimum Gasteiger partial charge on any atom is -0.423 e. The smallest absolute Gasteiger partial charge is 0.423 e. The molecule has 0 heterocycles. The van der Waals surface area contributed by atoms with Crippen molar-refractivity contribution in [3.05, 3.63) is 40.0 Å². The zero-order valence-corrected chi connectivity index (χ0v) is 9.47. The summed E-state index contributed by atoms with van der Waals surface area (Å²) in [6, 6.07) is 11.4. The van der Waals surface area contributed by atoms with Crippen LogP contribution in [-0.4, -0.2) is 17.2 Å². The topological polar surface area (TPSA) is 40.5 Å². The molecule has 2 aromatic carbocycles. The average Bonchev–Trinajstić information content (AvgIpc) is 2.18. The van der Waals surface area contributed by atoms with Crippen molar-refractivity contribution >= 4 is 45.9 Å². The molecule has 70 valence electrons. The fourth-order valence-corrected chi connectivity index (χ4v) is 2.09. The van der Waals surface area contributed by atoms with Gasteiger partial charge in [0.05, 0.1) is 0 Å². The van der Waals surface area contributed by atoms with Gasteiger partial charge in [-0.15, -0.1) is 0 Å². The Morgan fingerprint density at radius 1 is 1.07 bits per heavy atom. The summed E-state index contributed by atoms with van der Waals surface area (Å²) in [6.45, 7) is 0. The van der Waals surface area contributed by atoms with Gasteiger partial charge in [-0.3, -0.25) is 0 Å². The van der Waals surface area contributed by atoms with Crippen LogP contribution in [0.2, 0.25) is 0 Å². The second-order valence-electron chi connectivity index (χ2n) is 3.09. The third-order valence-corrected chi connectivity index (χ3v) is 3.09. The summed E-state index contributed by atoms with van der Waals surface area (Å²) in [5.74, 6) is 0. The summed E-state index contributed by atoms with van der Waals surface area (Å²) < 4.78 is 1.11. The van der Waals surface area contributed by atoms with Crippen molar-refractivity contribution < 1.29 is 10.0 Å². The van der Waals surface area contributed by atoms with Gasteiger partial charge in [0.2, 0.25) is 0 Å². The van der Waals surface area contributed by atoms with E-state index in [9.17, 15) is 0 Å². The van der Waals surface area contributed by atoms with Crippen LogP contribution in [0.5, 0.6) is 0 Å². The Morgan fingerprint density at radius 2 is 1.86 bits per heavy atom. The van der Waals surface area contributed by atoms with Crippen LogP contribution in [0.1, 0.15) is 0 Å². The fourth-order valence-electron chi connectivity index (χ4n) is 1.41. The van der Waals surface area contributed by atoms with Gasteiger partial charge in [0.25, 0.3) is 0 Å². The number of benzene rings is 2. The molecule has 14 heavy (non-hydrogen) atoms. The van der Waals surface area contributed by atoms with E-state index in [1.54, 1.807) is 6.07 Å². The quantitative estimate of drug-likeness (QED) is 0.612. The summed E-state index contributed by atoms with van der Waals surface area (Å²) in [6.07, 6.45) is 0. The molecule has 0 amide bonds. The van der Waals surface area contributed by atoms with Gasteiger partial charge in [-0.05, 0) is 44.9 Å². The maximum absolute atomic E-state index is 9.03. The highest BCUT2D eigenvalue weighted by atomic mass is 127. The van der Waals surface area contributed by atoms with E-state index in [-0.39, 0.29) is 0 Å². The molecule has 0 spiro atoms. The lowest BCUT2D eigenvalue weighted by molar-refractivity contribution is 0.426. The van der Waals surface area contributed by atoms with Crippen LogP contribution in [0.15, 0.2) is 36.4 Å². The Labute approximate surface area is 95.9 Å². The lowest BCUT2D eigenvalue weighted by atomic mass is 9.79. The van der Waals surface area contributed by atoms with E-state index in [4.69, 9.17) is 10.0 Å². The molecule has 0 saturated heterocycles. The van der Waals surface area contributed by atoms with E-state index in [0.29, 0.717) is 5.46 Å². The predicted molar refractivity (Wildman–Crippen MR) is 66.5 cm³/mol. The van der Waals surface area contributed by atoms with Crippen LogP contribution >= 0.6 is 22.6 Å². The van der Waals surface area contributed by atoms with Gasteiger partial charge in [-0.2, -0.15) is 0 Å². The van der Waals surface area contributed by atoms with E-state index >= 15 is 0 Å². The Morgan fingerprint density at radius 3 is 2.57 bits per heavy atom. The van der Waals surface area contributed by atoms with Crippen LogP contribution in [0.3, 0.4) is 0 Å². The third kappa shape index (κ3) is 1.77. The zero-order chi connectivity index (χ0) is 10.1. The largest absolute Gasteiger partial charge is 0.488 e. The maximum Gasteiger partial charge on any atom is 0.488 e. The molecule has 0 aliphatic carbocycles. The van der Waals surface area contributed by atoms with E-state index in [0.717, 1.165) is 14.3 Å². The molecular weight excluding hydrogens is 290 g/mol. The molecule has 0 aromatic heterocycles. The van der Waals surface area contributed by atoms with Crippen molar-refractivity contribution in [3.8, 4) is 0 Å². The average molecular weight is 298 g/mol. The lowest BCUT2D eigenvalue weighted by Crippen LogP contribution is -2.29. The van der Waals surface area contributed by atoms with Crippen LogP contribution in [0, 0.1) is 3.57 Å². The van der Waals surface area contributed by atoms with Crippen molar-refractivity contribution in [1.29, 1.82) is 0 Å². The molecule has 0 saturated carbocycles. The molecular formula is C10H8BIO2. The highest BCUT2D eigenvalue weighted by Crippen LogP contribution is 2.18. The van der Waals surface area contributed by atoms with E-state index in [2.05, 4.69) is 22.6 Å². The number of fused-ring (bicyclic) bond motifs is 1. The maximum atomic E-state index is 9.03. The summed E-state index contributed by atoms with van der Waals surface area (Å²) in [4.78, 5) is 0. The van der Waals surface area contributed by atoms with Gasteiger partial charge in [0, 0.05) is 3.57 Å². The molecule has 0 aliphatic rings. The summed E-state index contributed by atoms with van der Waals surface area (Å²) in [7, 11) is -1.39. The second kappa shape index (κ2) is 3.88. The molecule has 2 N–H and O–H groups in total. The van der Waals surface area contributed by atoms with E-state index in [1.165, 1.54) is 0 Å². The van der Waals surface area contributed by atoms with Crippen LogP contribution in [0.25, 0.3) is 10.8 Å². The van der Waals surface area contributed by atoms with Crippen molar-refractivity contribution in [1.82, 2.24) is 0 Å². The van der Waals surface area contributed by atoms with Gasteiger partial charge < -0.3 is 10.0 Å². The first-order valence-corrected chi connectivity index (χ1v) is 5.30. The number of hydrogen-bond donors (Lipinski definition) is 2. The number of hydrogen-bond acceptors (Lipinski definition) is 2. The summed E-state index contributed by atoms with van der Waals surface area (Å²) in [5.41, 5.74) is 0.529. The van der Waals surface area contributed by atoms with Crippen molar-refractivity contribution in [2.24, 2.45) is 0 Å². The third-order valence-electron chi connectivity index (χ3n) is 2.15. The van der Waals surface area contributed by atoms with Gasteiger partial charge in [-0.25, -0.2) is 0 Å². The van der Waals surface area contributed by atoms with Gasteiger partial charge >= 0.3 is 7.12 Å². The molecule has 4 heteroatoms. The second-order valence-corrected chi connectivity index (χ2v) is 4.26. The fraction of sp³-hybridized carbons (Fsp3) is 0. The van der Waals surface area contributed by atoms with Crippen molar-refractivity contribution in [2.45, 2.75) is 0 Å². The van der Waals surface area contributed by atoms with Gasteiger partial charge in [0.15, 0.2) is 0 Å². The first kappa shape index (κ1) is 9.95. The zero-order valence-electron chi connectivity index (χ0n) is 7.31. The molecule has 0 fully saturated rings. The standard InChI is InChI=1S/C10H8BIO2/c12-10-3-1-2-7-4-5-8(11(13)14)6-9(7)10/h1-6,13-14H. The Balaban J connectivity index is 2.70. The Bertz CT molecular complexity index is 471. The van der Waals surface area contributed by atoms with E-state index < -0.39 is 7.12 Å². The lowest BCUT2D eigenvalue weighted by Gasteiger charge is -2.03. The minimum absolute atomic E-state index is 0.529. The van der Waals surface area contributed by atoms with Crippen molar-refractivity contribution in [3.63, 3.8) is 0 Å². The first-order valence-electron chi connectivity index (χ1n) is 4.23. The Kier molecular flexibility index (Phi) is 2.76. The monoisotopic (exact) mass is 298 g/mol. The van der Waals surface area contributed by atoms with Crippen LogP contribution < -0.4 is 5.46 Å². The molecule has 0 bridgehead atoms. The molecule has 0 radical (unpaired) electrons. The molecule has 0 atom stereocenters. The van der Waals surface area contributed by atoms with Crippen LogP contribution in [-0.2, 0) is 0 Å². The van der Waals surface area contributed by atoms with E-state index in [1.807, 2.05) is 30.3 Å². The highest BCUT2D eigenvalue weighted by Gasteiger charge is 2.11. The number of rotatable bonds is 1. The predicted octanol–water partition coefficient (Wildman–Crippen LogP) is 1.12. The summed E-state index contributed by atoms with van der Waals surface area (Å²) >= 11 is 2.23. The molecule has 2 rings (SSSR count). The minimum atomic E-state index is -1.39. The first-order chi connectivity index (χ1) is 6.68.